The molecule has 1 heterocycles. The van der Waals surface area contributed by atoms with Crippen molar-refractivity contribution in [3.05, 3.63) is 0 Å². The van der Waals surface area contributed by atoms with Crippen LogP contribution in [0.3, 0.4) is 0 Å². The number of halogens is 3. The van der Waals surface area contributed by atoms with E-state index in [0.717, 1.165) is 4.90 Å². The van der Waals surface area contributed by atoms with Crippen molar-refractivity contribution in [3.63, 3.8) is 0 Å². The molecule has 4 nitrogen and oxygen atoms in total. The number of rotatable bonds is 4. The highest BCUT2D eigenvalue weighted by Gasteiger charge is 2.48. The van der Waals surface area contributed by atoms with Crippen LogP contribution in [-0.4, -0.2) is 49.3 Å². The Balaban J connectivity index is 2.13. The zero-order chi connectivity index (χ0) is 14.1. The van der Waals surface area contributed by atoms with Gasteiger partial charge in [-0.2, -0.15) is 13.2 Å². The van der Waals surface area contributed by atoms with Gasteiger partial charge in [0.15, 0.2) is 0 Å². The minimum atomic E-state index is -4.36. The number of carbonyl (C=O) groups is 1. The fourth-order valence-electron chi connectivity index (χ4n) is 2.52. The molecule has 0 radical (unpaired) electrons. The number of nitrogens with two attached hydrogens (primary N) is 1. The van der Waals surface area contributed by atoms with Crippen LogP contribution in [0, 0.1) is 5.41 Å². The summed E-state index contributed by atoms with van der Waals surface area (Å²) in [6, 6.07) is -0.264. The molecule has 0 spiro atoms. The van der Waals surface area contributed by atoms with E-state index in [4.69, 9.17) is 10.5 Å². The number of hydrogen-bond donors (Lipinski definition) is 1. The lowest BCUT2D eigenvalue weighted by Crippen LogP contribution is -2.53. The Hall–Kier alpha value is -0.820. The second-order valence-electron chi connectivity index (χ2n) is 5.38. The monoisotopic (exact) mass is 280 g/mol. The molecular formula is C12H19F3N2O2. The highest BCUT2D eigenvalue weighted by Crippen LogP contribution is 2.37. The molecule has 2 fully saturated rings. The van der Waals surface area contributed by atoms with Crippen molar-refractivity contribution in [3.8, 4) is 0 Å². The van der Waals surface area contributed by atoms with Gasteiger partial charge in [0.25, 0.3) is 0 Å². The van der Waals surface area contributed by atoms with Crippen molar-refractivity contribution < 1.29 is 22.7 Å². The third-order valence-electron chi connectivity index (χ3n) is 3.89. The Morgan fingerprint density at radius 3 is 2.32 bits per heavy atom. The fraction of sp³-hybridized carbons (Fsp3) is 0.917. The maximum atomic E-state index is 12.6. The second kappa shape index (κ2) is 5.28. The molecule has 0 aromatic rings. The number of ether oxygens (including phenoxy) is 1. The smallest absolute Gasteiger partial charge is 0.381 e. The maximum absolute atomic E-state index is 12.6. The second-order valence-corrected chi connectivity index (χ2v) is 5.38. The lowest BCUT2D eigenvalue weighted by atomic mass is 9.78. The summed E-state index contributed by atoms with van der Waals surface area (Å²) in [6.45, 7) is -0.323. The van der Waals surface area contributed by atoms with E-state index in [2.05, 4.69) is 0 Å². The van der Waals surface area contributed by atoms with Crippen LogP contribution in [0.25, 0.3) is 0 Å². The van der Waals surface area contributed by atoms with Crippen LogP contribution in [0.5, 0.6) is 0 Å². The molecule has 2 aliphatic rings. The van der Waals surface area contributed by atoms with Gasteiger partial charge in [-0.25, -0.2) is 0 Å². The maximum Gasteiger partial charge on any atom is 0.406 e. The summed E-state index contributed by atoms with van der Waals surface area (Å²) in [5, 5.41) is 0. The van der Waals surface area contributed by atoms with Gasteiger partial charge in [-0.1, -0.05) is 0 Å². The van der Waals surface area contributed by atoms with Crippen LogP contribution in [-0.2, 0) is 9.53 Å². The van der Waals surface area contributed by atoms with E-state index in [1.165, 1.54) is 0 Å². The molecule has 1 saturated carbocycles. The number of nitrogens with zero attached hydrogens (tertiary/aromatic N) is 1. The van der Waals surface area contributed by atoms with Crippen LogP contribution in [0.15, 0.2) is 0 Å². The molecule has 1 aliphatic heterocycles. The van der Waals surface area contributed by atoms with Gasteiger partial charge in [-0.15, -0.1) is 0 Å². The third-order valence-corrected chi connectivity index (χ3v) is 3.89. The zero-order valence-electron chi connectivity index (χ0n) is 10.7. The fourth-order valence-corrected chi connectivity index (χ4v) is 2.52. The van der Waals surface area contributed by atoms with E-state index >= 15 is 0 Å². The zero-order valence-corrected chi connectivity index (χ0v) is 10.7. The average Bonchev–Trinajstić information content (AvgIpc) is 3.19. The average molecular weight is 280 g/mol. The van der Waals surface area contributed by atoms with Gasteiger partial charge in [0.1, 0.15) is 6.54 Å². The third kappa shape index (κ3) is 3.39. The van der Waals surface area contributed by atoms with Crippen molar-refractivity contribution in [2.24, 2.45) is 11.1 Å². The van der Waals surface area contributed by atoms with Crippen molar-refractivity contribution >= 4 is 5.91 Å². The number of alkyl halides is 3. The van der Waals surface area contributed by atoms with Gasteiger partial charge in [0, 0.05) is 25.8 Å². The molecule has 2 N–H and O–H groups in total. The van der Waals surface area contributed by atoms with Gasteiger partial charge < -0.3 is 15.4 Å². The summed E-state index contributed by atoms with van der Waals surface area (Å²) in [4.78, 5) is 13.5. The molecule has 0 aromatic carbocycles. The van der Waals surface area contributed by atoms with E-state index in [9.17, 15) is 18.0 Å². The molecule has 7 heteroatoms. The summed E-state index contributed by atoms with van der Waals surface area (Å²) in [7, 11) is 0. The van der Waals surface area contributed by atoms with E-state index < -0.39 is 24.0 Å². The Morgan fingerprint density at radius 2 is 1.89 bits per heavy atom. The van der Waals surface area contributed by atoms with Crippen molar-refractivity contribution in [2.75, 3.05) is 26.3 Å². The van der Waals surface area contributed by atoms with Gasteiger partial charge in [0.2, 0.25) is 5.91 Å². The highest BCUT2D eigenvalue weighted by atomic mass is 19.4. The first-order valence-electron chi connectivity index (χ1n) is 6.54. The van der Waals surface area contributed by atoms with Crippen LogP contribution in [0.2, 0.25) is 0 Å². The van der Waals surface area contributed by atoms with Gasteiger partial charge in [-0.3, -0.25) is 4.79 Å². The molecule has 110 valence electrons. The standard InChI is InChI=1S/C12H19F3N2O2/c13-12(14,15)8-17(9-1-2-9)10(18)11(7-16)3-5-19-6-4-11/h9H,1-8,16H2. The molecule has 0 atom stereocenters. The van der Waals surface area contributed by atoms with Crippen molar-refractivity contribution in [1.82, 2.24) is 4.90 Å². The predicted molar refractivity (Wildman–Crippen MR) is 62.3 cm³/mol. The summed E-state index contributed by atoms with van der Waals surface area (Å²) >= 11 is 0. The normalized spacial score (nSPS) is 23.2. The first-order valence-corrected chi connectivity index (χ1v) is 6.54. The highest BCUT2D eigenvalue weighted by molar-refractivity contribution is 5.83. The van der Waals surface area contributed by atoms with Crippen molar-refractivity contribution in [2.45, 2.75) is 37.9 Å². The number of amides is 1. The van der Waals surface area contributed by atoms with Crippen LogP contribution < -0.4 is 5.73 Å². The van der Waals surface area contributed by atoms with Gasteiger partial charge in [0.05, 0.1) is 5.41 Å². The molecule has 1 amide bonds. The Labute approximate surface area is 110 Å². The molecule has 0 unspecified atom stereocenters. The minimum Gasteiger partial charge on any atom is -0.381 e. The summed E-state index contributed by atoms with van der Waals surface area (Å²) in [5.74, 6) is -0.446. The largest absolute Gasteiger partial charge is 0.406 e. The van der Waals surface area contributed by atoms with Gasteiger partial charge >= 0.3 is 6.18 Å². The van der Waals surface area contributed by atoms with E-state index in [1.807, 2.05) is 0 Å². The molecule has 0 bridgehead atoms. The Kier molecular flexibility index (Phi) is 4.06. The van der Waals surface area contributed by atoms with E-state index in [-0.39, 0.29) is 12.6 Å². The quantitative estimate of drug-likeness (QED) is 0.844. The topological polar surface area (TPSA) is 55.6 Å². The number of carbonyl (C=O) groups excluding carboxylic acids is 1. The lowest BCUT2D eigenvalue weighted by Gasteiger charge is -2.39. The molecular weight excluding hydrogens is 261 g/mol. The molecule has 2 rings (SSSR count). The molecule has 1 aliphatic carbocycles. The molecule has 1 saturated heterocycles. The Bertz CT molecular complexity index is 336. The van der Waals surface area contributed by atoms with Crippen LogP contribution in [0.4, 0.5) is 13.2 Å². The predicted octanol–water partition coefficient (Wildman–Crippen LogP) is 1.30. The SMILES string of the molecule is NCC1(C(=O)N(CC(F)(F)F)C2CC2)CCOCC1. The molecule has 19 heavy (non-hydrogen) atoms. The first-order chi connectivity index (χ1) is 8.88. The summed E-state index contributed by atoms with van der Waals surface area (Å²) in [6.07, 6.45) is -2.25. The van der Waals surface area contributed by atoms with Crippen LogP contribution in [0.1, 0.15) is 25.7 Å². The first kappa shape index (κ1) is 14.6. The van der Waals surface area contributed by atoms with E-state index in [1.54, 1.807) is 0 Å². The number of hydrogen-bond acceptors (Lipinski definition) is 3. The summed E-state index contributed by atoms with van der Waals surface area (Å²) in [5.41, 5.74) is 4.81. The Morgan fingerprint density at radius 1 is 1.32 bits per heavy atom. The van der Waals surface area contributed by atoms with Crippen LogP contribution >= 0.6 is 0 Å². The minimum absolute atomic E-state index is 0.0796. The van der Waals surface area contributed by atoms with Gasteiger partial charge in [-0.05, 0) is 25.7 Å². The van der Waals surface area contributed by atoms with E-state index in [0.29, 0.717) is 38.9 Å². The lowest BCUT2D eigenvalue weighted by molar-refractivity contribution is -0.172. The van der Waals surface area contributed by atoms with Crippen molar-refractivity contribution in [1.29, 1.82) is 0 Å². The summed E-state index contributed by atoms with van der Waals surface area (Å²) < 4.78 is 43.0. The molecule has 0 aromatic heterocycles.